The summed E-state index contributed by atoms with van der Waals surface area (Å²) in [4.78, 5) is 31.1. The van der Waals surface area contributed by atoms with Gasteiger partial charge < -0.3 is 14.8 Å². The van der Waals surface area contributed by atoms with Crippen molar-refractivity contribution < 1.29 is 13.2 Å². The molecule has 168 valence electrons. The van der Waals surface area contributed by atoms with Crippen LogP contribution in [0.2, 0.25) is 0 Å². The Morgan fingerprint density at radius 1 is 1.03 bits per heavy atom. The van der Waals surface area contributed by atoms with Gasteiger partial charge in [-0.05, 0) is 68.4 Å². The van der Waals surface area contributed by atoms with Crippen LogP contribution in [0.3, 0.4) is 0 Å². The highest BCUT2D eigenvalue weighted by Gasteiger charge is 2.27. The standard InChI is InChI=1S/C22H30N4O4S/c27-21-7-4-17-16-19(5-6-20(17)24-21)31(29,30)23-11-8-22(28)26-14-9-18(10-15-26)25-12-2-1-3-13-25/h4-7,16,18,23H,1-3,8-15H2,(H,24,27). The number of hydrogen-bond acceptors (Lipinski definition) is 5. The van der Waals surface area contributed by atoms with Crippen LogP contribution in [-0.4, -0.2) is 67.9 Å². The number of sulfonamides is 1. The van der Waals surface area contributed by atoms with E-state index in [1.54, 1.807) is 12.1 Å². The molecule has 2 fully saturated rings. The first kappa shape index (κ1) is 22.0. The van der Waals surface area contributed by atoms with Gasteiger partial charge in [0.1, 0.15) is 0 Å². The van der Waals surface area contributed by atoms with E-state index < -0.39 is 10.0 Å². The van der Waals surface area contributed by atoms with Gasteiger partial charge >= 0.3 is 0 Å². The maximum Gasteiger partial charge on any atom is 0.248 e. The molecular weight excluding hydrogens is 416 g/mol. The lowest BCUT2D eigenvalue weighted by molar-refractivity contribution is -0.132. The number of aromatic nitrogens is 1. The van der Waals surface area contributed by atoms with Gasteiger partial charge in [0, 0.05) is 43.7 Å². The summed E-state index contributed by atoms with van der Waals surface area (Å²) >= 11 is 0. The normalized spacial score (nSPS) is 19.0. The third-order valence-corrected chi connectivity index (χ3v) is 7.82. The molecule has 0 aliphatic carbocycles. The van der Waals surface area contributed by atoms with Crippen molar-refractivity contribution >= 4 is 26.8 Å². The number of hydrogen-bond donors (Lipinski definition) is 2. The van der Waals surface area contributed by atoms with Gasteiger partial charge in [0.15, 0.2) is 0 Å². The fourth-order valence-electron chi connectivity index (χ4n) is 4.60. The summed E-state index contributed by atoms with van der Waals surface area (Å²) in [6, 6.07) is 8.06. The number of carbonyl (C=O) groups is 1. The monoisotopic (exact) mass is 446 g/mol. The van der Waals surface area contributed by atoms with Crippen LogP contribution in [0.4, 0.5) is 0 Å². The Hall–Kier alpha value is -2.23. The Morgan fingerprint density at radius 3 is 2.52 bits per heavy atom. The second-order valence-electron chi connectivity index (χ2n) is 8.43. The largest absolute Gasteiger partial charge is 0.343 e. The zero-order valence-electron chi connectivity index (χ0n) is 17.7. The molecule has 2 saturated heterocycles. The number of rotatable bonds is 6. The molecule has 2 N–H and O–H groups in total. The number of likely N-dealkylation sites (tertiary alicyclic amines) is 2. The molecule has 31 heavy (non-hydrogen) atoms. The summed E-state index contributed by atoms with van der Waals surface area (Å²) in [7, 11) is -3.73. The molecule has 0 spiro atoms. The van der Waals surface area contributed by atoms with Crippen molar-refractivity contribution in [3.63, 3.8) is 0 Å². The Labute approximate surface area is 182 Å². The minimum absolute atomic E-state index is 0.00381. The average molecular weight is 447 g/mol. The first-order valence-electron chi connectivity index (χ1n) is 11.1. The average Bonchev–Trinajstić information content (AvgIpc) is 2.79. The number of fused-ring (bicyclic) bond motifs is 1. The molecule has 1 aromatic heterocycles. The van der Waals surface area contributed by atoms with Crippen molar-refractivity contribution in [2.24, 2.45) is 0 Å². The number of nitrogens with zero attached hydrogens (tertiary/aromatic N) is 2. The first-order chi connectivity index (χ1) is 14.9. The number of carbonyl (C=O) groups excluding carboxylic acids is 1. The van der Waals surface area contributed by atoms with Crippen LogP contribution >= 0.6 is 0 Å². The van der Waals surface area contributed by atoms with Crippen molar-refractivity contribution in [2.45, 2.75) is 49.5 Å². The van der Waals surface area contributed by atoms with E-state index in [0.717, 1.165) is 25.9 Å². The second-order valence-corrected chi connectivity index (χ2v) is 10.2. The second kappa shape index (κ2) is 9.50. The zero-order chi connectivity index (χ0) is 21.8. The van der Waals surface area contributed by atoms with Gasteiger partial charge in [-0.25, -0.2) is 13.1 Å². The number of pyridine rings is 1. The van der Waals surface area contributed by atoms with Gasteiger partial charge in [0.05, 0.1) is 4.90 Å². The van der Waals surface area contributed by atoms with Crippen LogP contribution in [-0.2, 0) is 14.8 Å². The topological polar surface area (TPSA) is 103 Å². The van der Waals surface area contributed by atoms with E-state index in [-0.39, 0.29) is 29.3 Å². The highest BCUT2D eigenvalue weighted by atomic mass is 32.2. The Morgan fingerprint density at radius 2 is 1.77 bits per heavy atom. The van der Waals surface area contributed by atoms with E-state index in [1.165, 1.54) is 50.6 Å². The summed E-state index contributed by atoms with van der Waals surface area (Å²) < 4.78 is 27.7. The van der Waals surface area contributed by atoms with E-state index in [0.29, 0.717) is 16.9 Å². The molecule has 1 amide bonds. The Bertz CT molecular complexity index is 1080. The summed E-state index contributed by atoms with van der Waals surface area (Å²) in [6.45, 7) is 3.90. The highest BCUT2D eigenvalue weighted by molar-refractivity contribution is 7.89. The van der Waals surface area contributed by atoms with Gasteiger partial charge in [0.25, 0.3) is 0 Å². The van der Waals surface area contributed by atoms with Crippen LogP contribution in [0.5, 0.6) is 0 Å². The number of benzene rings is 1. The van der Waals surface area contributed by atoms with Crippen LogP contribution in [0.25, 0.3) is 10.9 Å². The molecule has 0 unspecified atom stereocenters. The number of amides is 1. The number of H-pyrrole nitrogens is 1. The molecule has 2 aliphatic heterocycles. The van der Waals surface area contributed by atoms with Crippen LogP contribution in [0, 0.1) is 0 Å². The molecular formula is C22H30N4O4S. The summed E-state index contributed by atoms with van der Waals surface area (Å²) in [5.74, 6) is -0.00381. The zero-order valence-corrected chi connectivity index (χ0v) is 18.5. The van der Waals surface area contributed by atoms with Crippen molar-refractivity contribution in [3.05, 3.63) is 40.7 Å². The molecule has 9 heteroatoms. The van der Waals surface area contributed by atoms with Crippen LogP contribution in [0.1, 0.15) is 38.5 Å². The van der Waals surface area contributed by atoms with Crippen LogP contribution in [0.15, 0.2) is 40.0 Å². The maximum atomic E-state index is 12.6. The molecule has 2 aliphatic rings. The maximum absolute atomic E-state index is 12.6. The molecule has 1 aromatic carbocycles. The quantitative estimate of drug-likeness (QED) is 0.703. The third kappa shape index (κ3) is 5.34. The fraction of sp³-hybridized carbons (Fsp3) is 0.545. The van der Waals surface area contributed by atoms with E-state index >= 15 is 0 Å². The molecule has 0 radical (unpaired) electrons. The number of aromatic amines is 1. The van der Waals surface area contributed by atoms with Crippen molar-refractivity contribution in [3.8, 4) is 0 Å². The van der Waals surface area contributed by atoms with Gasteiger partial charge in [-0.1, -0.05) is 6.42 Å². The summed E-state index contributed by atoms with van der Waals surface area (Å²) in [6.07, 6.45) is 6.01. The van der Waals surface area contributed by atoms with E-state index in [2.05, 4.69) is 14.6 Å². The van der Waals surface area contributed by atoms with Crippen molar-refractivity contribution in [2.75, 3.05) is 32.7 Å². The van der Waals surface area contributed by atoms with Gasteiger partial charge in [-0.2, -0.15) is 0 Å². The number of piperidine rings is 2. The Balaban J connectivity index is 1.27. The molecule has 0 saturated carbocycles. The predicted molar refractivity (Wildman–Crippen MR) is 119 cm³/mol. The molecule has 3 heterocycles. The molecule has 8 nitrogen and oxygen atoms in total. The van der Waals surface area contributed by atoms with Gasteiger partial charge in [-0.15, -0.1) is 0 Å². The van der Waals surface area contributed by atoms with Crippen molar-refractivity contribution in [1.29, 1.82) is 0 Å². The first-order valence-corrected chi connectivity index (χ1v) is 12.6. The smallest absolute Gasteiger partial charge is 0.248 e. The minimum Gasteiger partial charge on any atom is -0.343 e. The highest BCUT2D eigenvalue weighted by Crippen LogP contribution is 2.21. The molecule has 2 aromatic rings. The molecule has 0 atom stereocenters. The lowest BCUT2D eigenvalue weighted by atomic mass is 10.00. The van der Waals surface area contributed by atoms with Crippen LogP contribution < -0.4 is 10.3 Å². The molecule has 0 bridgehead atoms. The SMILES string of the molecule is O=C(CCNS(=O)(=O)c1ccc2[nH]c(=O)ccc2c1)N1CCC(N2CCCCC2)CC1. The van der Waals surface area contributed by atoms with Gasteiger partial charge in [0.2, 0.25) is 21.5 Å². The van der Waals surface area contributed by atoms with E-state index in [1.807, 2.05) is 4.90 Å². The summed E-state index contributed by atoms with van der Waals surface area (Å²) in [5.41, 5.74) is 0.342. The van der Waals surface area contributed by atoms with Gasteiger partial charge in [-0.3, -0.25) is 9.59 Å². The predicted octanol–water partition coefficient (Wildman–Crippen LogP) is 1.67. The third-order valence-electron chi connectivity index (χ3n) is 6.36. The van der Waals surface area contributed by atoms with Crippen molar-refractivity contribution in [1.82, 2.24) is 19.5 Å². The fourth-order valence-corrected chi connectivity index (χ4v) is 5.66. The number of nitrogens with one attached hydrogen (secondary N) is 2. The Kier molecular flexibility index (Phi) is 6.74. The lowest BCUT2D eigenvalue weighted by Crippen LogP contribution is -2.48. The van der Waals surface area contributed by atoms with E-state index in [9.17, 15) is 18.0 Å². The van der Waals surface area contributed by atoms with E-state index in [4.69, 9.17) is 0 Å². The minimum atomic E-state index is -3.73. The lowest BCUT2D eigenvalue weighted by Gasteiger charge is -2.40. The molecule has 4 rings (SSSR count). The summed E-state index contributed by atoms with van der Waals surface area (Å²) in [5, 5.41) is 0.634.